The van der Waals surface area contributed by atoms with Crippen LogP contribution in [0.5, 0.6) is 11.5 Å². The van der Waals surface area contributed by atoms with Crippen molar-refractivity contribution >= 4 is 11.7 Å². The molecule has 7 heteroatoms. The zero-order valence-corrected chi connectivity index (χ0v) is 19.6. The Kier molecular flexibility index (Phi) is 8.52. The van der Waals surface area contributed by atoms with Gasteiger partial charge in [-0.05, 0) is 87.2 Å². The molecule has 0 radical (unpaired) electrons. The number of rotatable bonds is 11. The molecule has 1 fully saturated rings. The number of amides is 1. The van der Waals surface area contributed by atoms with Crippen LogP contribution in [0.4, 0.5) is 4.39 Å². The number of unbranched alkanes of at least 4 members (excludes halogenated alkanes) is 1. The molecular weight excluding hydrogens is 435 g/mol. The summed E-state index contributed by atoms with van der Waals surface area (Å²) < 4.78 is 24.4. The molecule has 2 aromatic rings. The normalized spacial score (nSPS) is 16.3. The summed E-state index contributed by atoms with van der Waals surface area (Å²) in [5.41, 5.74) is 1.62. The van der Waals surface area contributed by atoms with Crippen LogP contribution in [-0.4, -0.2) is 55.5 Å². The molecule has 4 rings (SSSR count). The number of carbonyl (C=O) groups is 2. The first kappa shape index (κ1) is 24.2. The second kappa shape index (κ2) is 12.0. The monoisotopic (exact) mass is 468 g/mol. The van der Waals surface area contributed by atoms with Crippen molar-refractivity contribution in [2.45, 2.75) is 51.0 Å². The molecule has 1 saturated heterocycles. The predicted octanol–water partition coefficient (Wildman–Crippen LogP) is 4.16. The van der Waals surface area contributed by atoms with Gasteiger partial charge >= 0.3 is 0 Å². The number of likely N-dealkylation sites (tertiary alicyclic amines) is 1. The average molecular weight is 469 g/mol. The number of nitrogens with zero attached hydrogens (tertiary/aromatic N) is 1. The molecule has 0 bridgehead atoms. The SMILES string of the molecule is O=C(CCCCC(=O)c1ccc(F)cc1)N[C@@H](Cc1ccc2c(c1)OCCO2)CN1CCCC1. The van der Waals surface area contributed by atoms with E-state index in [9.17, 15) is 14.0 Å². The van der Waals surface area contributed by atoms with E-state index < -0.39 is 0 Å². The Hall–Kier alpha value is -2.93. The first-order chi connectivity index (χ1) is 16.6. The number of ether oxygens (including phenoxy) is 2. The molecule has 0 unspecified atom stereocenters. The molecule has 1 atom stereocenters. The second-order valence-corrected chi connectivity index (χ2v) is 9.09. The van der Waals surface area contributed by atoms with E-state index in [1.165, 1.54) is 37.1 Å². The Morgan fingerprint density at radius 3 is 2.41 bits per heavy atom. The number of fused-ring (bicyclic) bond motifs is 1. The maximum absolute atomic E-state index is 13.0. The van der Waals surface area contributed by atoms with E-state index >= 15 is 0 Å². The lowest BCUT2D eigenvalue weighted by Crippen LogP contribution is -2.44. The topological polar surface area (TPSA) is 67.9 Å². The van der Waals surface area contributed by atoms with Crippen molar-refractivity contribution in [2.75, 3.05) is 32.8 Å². The first-order valence-corrected chi connectivity index (χ1v) is 12.3. The molecule has 2 aromatic carbocycles. The zero-order valence-electron chi connectivity index (χ0n) is 19.6. The van der Waals surface area contributed by atoms with E-state index in [1.54, 1.807) is 0 Å². The van der Waals surface area contributed by atoms with Crippen molar-refractivity contribution in [1.82, 2.24) is 10.2 Å². The fourth-order valence-corrected chi connectivity index (χ4v) is 4.59. The van der Waals surface area contributed by atoms with E-state index in [1.807, 2.05) is 18.2 Å². The van der Waals surface area contributed by atoms with Crippen LogP contribution in [-0.2, 0) is 11.2 Å². The minimum Gasteiger partial charge on any atom is -0.486 e. The molecule has 0 spiro atoms. The maximum atomic E-state index is 13.0. The van der Waals surface area contributed by atoms with Gasteiger partial charge in [0.15, 0.2) is 17.3 Å². The van der Waals surface area contributed by atoms with Gasteiger partial charge in [-0.15, -0.1) is 0 Å². The van der Waals surface area contributed by atoms with Crippen molar-refractivity contribution in [2.24, 2.45) is 0 Å². The molecule has 2 heterocycles. The third kappa shape index (κ3) is 7.03. The van der Waals surface area contributed by atoms with Gasteiger partial charge in [-0.25, -0.2) is 4.39 Å². The van der Waals surface area contributed by atoms with Crippen molar-refractivity contribution in [3.63, 3.8) is 0 Å². The molecule has 2 aliphatic heterocycles. The summed E-state index contributed by atoms with van der Waals surface area (Å²) in [6.45, 7) is 4.07. The minimum absolute atomic E-state index is 0.00834. The third-order valence-electron chi connectivity index (χ3n) is 6.35. The summed E-state index contributed by atoms with van der Waals surface area (Å²) in [6, 6.07) is 11.6. The fourth-order valence-electron chi connectivity index (χ4n) is 4.59. The largest absolute Gasteiger partial charge is 0.486 e. The number of ketones is 1. The van der Waals surface area contributed by atoms with Crippen molar-refractivity contribution < 1.29 is 23.5 Å². The van der Waals surface area contributed by atoms with E-state index in [0.717, 1.165) is 43.1 Å². The summed E-state index contributed by atoms with van der Waals surface area (Å²) in [7, 11) is 0. The van der Waals surface area contributed by atoms with Crippen LogP contribution in [0.1, 0.15) is 54.4 Å². The van der Waals surface area contributed by atoms with Gasteiger partial charge in [0, 0.05) is 31.0 Å². The van der Waals surface area contributed by atoms with Crippen molar-refractivity contribution in [1.29, 1.82) is 0 Å². The molecule has 1 amide bonds. The molecule has 2 aliphatic rings. The Morgan fingerprint density at radius 2 is 1.65 bits per heavy atom. The van der Waals surface area contributed by atoms with Gasteiger partial charge in [0.05, 0.1) is 0 Å². The van der Waals surface area contributed by atoms with Gasteiger partial charge in [0.25, 0.3) is 0 Å². The number of nitrogens with one attached hydrogen (secondary N) is 1. The van der Waals surface area contributed by atoms with Crippen molar-refractivity contribution in [3.8, 4) is 11.5 Å². The van der Waals surface area contributed by atoms with Crippen LogP contribution < -0.4 is 14.8 Å². The lowest BCUT2D eigenvalue weighted by molar-refractivity contribution is -0.122. The van der Waals surface area contributed by atoms with E-state index in [4.69, 9.17) is 9.47 Å². The summed E-state index contributed by atoms with van der Waals surface area (Å²) in [6.07, 6.45) is 5.13. The van der Waals surface area contributed by atoms with Gasteiger partial charge in [-0.3, -0.25) is 9.59 Å². The van der Waals surface area contributed by atoms with Gasteiger partial charge in [-0.2, -0.15) is 0 Å². The highest BCUT2D eigenvalue weighted by atomic mass is 19.1. The molecular formula is C27H33FN2O4. The predicted molar refractivity (Wildman–Crippen MR) is 128 cm³/mol. The molecule has 1 N–H and O–H groups in total. The standard InChI is InChI=1S/C27H33FN2O4/c28-22-10-8-21(9-11-22)24(31)5-1-2-6-27(32)29-23(19-30-13-3-4-14-30)17-20-7-12-25-26(18-20)34-16-15-33-25/h7-12,18,23H,1-6,13-17,19H2,(H,29,32)/t23-/m0/s1. The molecule has 182 valence electrons. The quantitative estimate of drug-likeness (QED) is 0.396. The minimum atomic E-state index is -0.354. The van der Waals surface area contributed by atoms with Crippen LogP contribution >= 0.6 is 0 Å². The highest BCUT2D eigenvalue weighted by Gasteiger charge is 2.21. The lowest BCUT2D eigenvalue weighted by Gasteiger charge is -2.25. The van der Waals surface area contributed by atoms with Gasteiger partial charge in [0.1, 0.15) is 19.0 Å². The average Bonchev–Trinajstić information content (AvgIpc) is 3.35. The number of hydrogen-bond donors (Lipinski definition) is 1. The summed E-state index contributed by atoms with van der Waals surface area (Å²) in [4.78, 5) is 27.3. The smallest absolute Gasteiger partial charge is 0.220 e. The molecule has 34 heavy (non-hydrogen) atoms. The number of hydrogen-bond acceptors (Lipinski definition) is 5. The molecule has 0 aromatic heterocycles. The fraction of sp³-hybridized carbons (Fsp3) is 0.481. The molecule has 0 saturated carbocycles. The molecule has 6 nitrogen and oxygen atoms in total. The highest BCUT2D eigenvalue weighted by molar-refractivity contribution is 5.95. The Labute approximate surface area is 200 Å². The van der Waals surface area contributed by atoms with E-state index in [-0.39, 0.29) is 23.5 Å². The first-order valence-electron chi connectivity index (χ1n) is 12.3. The summed E-state index contributed by atoms with van der Waals surface area (Å²) in [5, 5.41) is 3.22. The maximum Gasteiger partial charge on any atom is 0.220 e. The Bertz CT molecular complexity index is 973. The third-order valence-corrected chi connectivity index (χ3v) is 6.35. The number of carbonyl (C=O) groups excluding carboxylic acids is 2. The molecule has 0 aliphatic carbocycles. The van der Waals surface area contributed by atoms with Gasteiger partial charge < -0.3 is 19.7 Å². The Morgan fingerprint density at radius 1 is 0.941 bits per heavy atom. The highest BCUT2D eigenvalue weighted by Crippen LogP contribution is 2.31. The second-order valence-electron chi connectivity index (χ2n) is 9.09. The van der Waals surface area contributed by atoms with Crippen LogP contribution in [0.2, 0.25) is 0 Å². The lowest BCUT2D eigenvalue weighted by atomic mass is 10.0. The van der Waals surface area contributed by atoms with Crippen LogP contribution in [0, 0.1) is 5.82 Å². The number of Topliss-reactive ketones (excluding diaryl/α,β-unsaturated/α-hetero) is 1. The number of benzene rings is 2. The van der Waals surface area contributed by atoms with Gasteiger partial charge in [-0.1, -0.05) is 6.07 Å². The van der Waals surface area contributed by atoms with Crippen LogP contribution in [0.15, 0.2) is 42.5 Å². The summed E-state index contributed by atoms with van der Waals surface area (Å²) >= 11 is 0. The van der Waals surface area contributed by atoms with E-state index in [0.29, 0.717) is 44.5 Å². The van der Waals surface area contributed by atoms with Crippen molar-refractivity contribution in [3.05, 3.63) is 59.4 Å². The van der Waals surface area contributed by atoms with Crippen LogP contribution in [0.25, 0.3) is 0 Å². The number of halogens is 1. The van der Waals surface area contributed by atoms with Crippen LogP contribution in [0.3, 0.4) is 0 Å². The Balaban J connectivity index is 1.26. The summed E-state index contributed by atoms with van der Waals surface area (Å²) in [5.74, 6) is 1.17. The van der Waals surface area contributed by atoms with Gasteiger partial charge in [0.2, 0.25) is 5.91 Å². The van der Waals surface area contributed by atoms with E-state index in [2.05, 4.69) is 10.2 Å². The zero-order chi connectivity index (χ0) is 23.8.